The van der Waals surface area contributed by atoms with E-state index in [1.165, 1.54) is 11.3 Å². The first-order valence-electron chi connectivity index (χ1n) is 4.94. The minimum atomic E-state index is 0. The molecule has 0 bridgehead atoms. The van der Waals surface area contributed by atoms with Gasteiger partial charge in [-0.25, -0.2) is 9.97 Å². The zero-order valence-electron chi connectivity index (χ0n) is 9.51. The van der Waals surface area contributed by atoms with Gasteiger partial charge in [0.15, 0.2) is 0 Å². The summed E-state index contributed by atoms with van der Waals surface area (Å²) in [5.41, 5.74) is 8.27. The van der Waals surface area contributed by atoms with Crippen LogP contribution in [0.4, 0.5) is 5.95 Å². The van der Waals surface area contributed by atoms with Crippen LogP contribution in [-0.2, 0) is 12.8 Å². The van der Waals surface area contributed by atoms with Crippen LogP contribution in [0.15, 0.2) is 6.20 Å². The molecule has 1 aliphatic carbocycles. The standard InChI is InChI=1S/C10H16N4.2ClH/c1-14(2)10-12-6-7-5-8(11)3-4-9(7)13-10;;/h6,8H,3-5,11H2,1-2H3;2*1H. The van der Waals surface area contributed by atoms with Gasteiger partial charge in [-0.1, -0.05) is 0 Å². The highest BCUT2D eigenvalue weighted by Crippen LogP contribution is 2.19. The normalized spacial score (nSPS) is 17.8. The third kappa shape index (κ3) is 3.20. The van der Waals surface area contributed by atoms with Crippen molar-refractivity contribution in [2.45, 2.75) is 25.3 Å². The third-order valence-electron chi connectivity index (χ3n) is 2.58. The highest BCUT2D eigenvalue weighted by molar-refractivity contribution is 5.85. The van der Waals surface area contributed by atoms with E-state index >= 15 is 0 Å². The molecule has 0 amide bonds. The molecule has 1 unspecified atom stereocenters. The molecule has 1 aromatic rings. The lowest BCUT2D eigenvalue weighted by atomic mass is 9.94. The van der Waals surface area contributed by atoms with Gasteiger partial charge in [0, 0.05) is 32.0 Å². The van der Waals surface area contributed by atoms with Crippen molar-refractivity contribution in [3.05, 3.63) is 17.5 Å². The monoisotopic (exact) mass is 264 g/mol. The molecule has 1 aliphatic rings. The zero-order valence-corrected chi connectivity index (χ0v) is 11.1. The smallest absolute Gasteiger partial charge is 0.224 e. The van der Waals surface area contributed by atoms with Gasteiger partial charge < -0.3 is 10.6 Å². The predicted molar refractivity (Wildman–Crippen MR) is 70.9 cm³/mol. The Hall–Kier alpha value is -0.580. The topological polar surface area (TPSA) is 55.0 Å². The molecular weight excluding hydrogens is 247 g/mol. The molecular formula is C10H18Cl2N4. The largest absolute Gasteiger partial charge is 0.347 e. The summed E-state index contributed by atoms with van der Waals surface area (Å²) in [5, 5.41) is 0. The lowest BCUT2D eigenvalue weighted by Gasteiger charge is -2.21. The summed E-state index contributed by atoms with van der Waals surface area (Å²) in [6.07, 6.45) is 4.86. The molecule has 4 nitrogen and oxygen atoms in total. The summed E-state index contributed by atoms with van der Waals surface area (Å²) in [5.74, 6) is 0.791. The van der Waals surface area contributed by atoms with Crippen molar-refractivity contribution >= 4 is 30.8 Å². The summed E-state index contributed by atoms with van der Waals surface area (Å²) in [4.78, 5) is 10.7. The Labute approximate surface area is 108 Å². The fourth-order valence-electron chi connectivity index (χ4n) is 1.74. The molecule has 0 saturated carbocycles. The molecule has 1 atom stereocenters. The van der Waals surface area contributed by atoms with Crippen molar-refractivity contribution in [3.8, 4) is 0 Å². The van der Waals surface area contributed by atoms with Crippen molar-refractivity contribution in [1.29, 1.82) is 0 Å². The second kappa shape index (κ2) is 6.23. The fourth-order valence-corrected chi connectivity index (χ4v) is 1.74. The number of rotatable bonds is 1. The van der Waals surface area contributed by atoms with E-state index in [1.54, 1.807) is 0 Å². The van der Waals surface area contributed by atoms with Crippen molar-refractivity contribution < 1.29 is 0 Å². The molecule has 0 saturated heterocycles. The molecule has 0 aromatic carbocycles. The zero-order chi connectivity index (χ0) is 10.1. The van der Waals surface area contributed by atoms with Gasteiger partial charge in [-0.15, -0.1) is 24.8 Å². The number of nitrogens with zero attached hydrogens (tertiary/aromatic N) is 3. The molecule has 0 aliphatic heterocycles. The van der Waals surface area contributed by atoms with Gasteiger partial charge in [0.2, 0.25) is 5.95 Å². The number of fused-ring (bicyclic) bond motifs is 1. The highest BCUT2D eigenvalue weighted by Gasteiger charge is 2.17. The van der Waals surface area contributed by atoms with Crippen molar-refractivity contribution in [3.63, 3.8) is 0 Å². The lowest BCUT2D eigenvalue weighted by Crippen LogP contribution is -2.29. The van der Waals surface area contributed by atoms with Gasteiger partial charge >= 0.3 is 0 Å². The van der Waals surface area contributed by atoms with E-state index < -0.39 is 0 Å². The van der Waals surface area contributed by atoms with E-state index in [-0.39, 0.29) is 30.9 Å². The number of aromatic nitrogens is 2. The van der Waals surface area contributed by atoms with Crippen molar-refractivity contribution in [1.82, 2.24) is 9.97 Å². The van der Waals surface area contributed by atoms with Crippen molar-refractivity contribution in [2.75, 3.05) is 19.0 Å². The van der Waals surface area contributed by atoms with Crippen LogP contribution in [0.1, 0.15) is 17.7 Å². The molecule has 16 heavy (non-hydrogen) atoms. The quantitative estimate of drug-likeness (QED) is 0.829. The molecule has 0 spiro atoms. The maximum atomic E-state index is 5.88. The molecule has 0 radical (unpaired) electrons. The van der Waals surface area contributed by atoms with Gasteiger partial charge in [0.25, 0.3) is 0 Å². The second-order valence-electron chi connectivity index (χ2n) is 4.04. The number of halogens is 2. The van der Waals surface area contributed by atoms with E-state index in [0.29, 0.717) is 0 Å². The minimum Gasteiger partial charge on any atom is -0.347 e. The van der Waals surface area contributed by atoms with Gasteiger partial charge in [-0.3, -0.25) is 0 Å². The summed E-state index contributed by atoms with van der Waals surface area (Å²) in [6.45, 7) is 0. The van der Waals surface area contributed by atoms with Crippen LogP contribution >= 0.6 is 24.8 Å². The third-order valence-corrected chi connectivity index (χ3v) is 2.58. The summed E-state index contributed by atoms with van der Waals surface area (Å²) in [7, 11) is 3.91. The Morgan fingerprint density at radius 1 is 1.38 bits per heavy atom. The first-order chi connectivity index (χ1) is 6.66. The number of hydrogen-bond donors (Lipinski definition) is 1. The average Bonchev–Trinajstić information content (AvgIpc) is 2.16. The highest BCUT2D eigenvalue weighted by atomic mass is 35.5. The predicted octanol–water partition coefficient (Wildman–Crippen LogP) is 1.20. The van der Waals surface area contributed by atoms with E-state index in [4.69, 9.17) is 5.73 Å². The number of nitrogens with two attached hydrogens (primary N) is 1. The molecule has 6 heteroatoms. The maximum Gasteiger partial charge on any atom is 0.224 e. The van der Waals surface area contributed by atoms with Gasteiger partial charge in [-0.05, 0) is 24.8 Å². The first-order valence-corrected chi connectivity index (χ1v) is 4.94. The van der Waals surface area contributed by atoms with Crippen LogP contribution in [0.5, 0.6) is 0 Å². The summed E-state index contributed by atoms with van der Waals surface area (Å²) >= 11 is 0. The minimum absolute atomic E-state index is 0. The van der Waals surface area contributed by atoms with Gasteiger partial charge in [0.05, 0.1) is 0 Å². The SMILES string of the molecule is CN(C)c1ncc2c(n1)CCC(N)C2.Cl.Cl. The van der Waals surface area contributed by atoms with E-state index in [1.807, 2.05) is 25.2 Å². The summed E-state index contributed by atoms with van der Waals surface area (Å²) in [6, 6.07) is 0.288. The fraction of sp³-hybridized carbons (Fsp3) is 0.600. The Kier molecular flexibility index (Phi) is 6.00. The Balaban J connectivity index is 0.00000112. The van der Waals surface area contributed by atoms with Gasteiger partial charge in [-0.2, -0.15) is 0 Å². The molecule has 1 aromatic heterocycles. The average molecular weight is 265 g/mol. The number of aryl methyl sites for hydroxylation is 1. The van der Waals surface area contributed by atoms with Crippen LogP contribution in [-0.4, -0.2) is 30.1 Å². The lowest BCUT2D eigenvalue weighted by molar-refractivity contribution is 0.563. The van der Waals surface area contributed by atoms with Crippen LogP contribution in [0.25, 0.3) is 0 Å². The molecule has 1 heterocycles. The van der Waals surface area contributed by atoms with Crippen molar-refractivity contribution in [2.24, 2.45) is 5.73 Å². The van der Waals surface area contributed by atoms with E-state index in [0.717, 1.165) is 25.2 Å². The van der Waals surface area contributed by atoms with E-state index in [2.05, 4.69) is 9.97 Å². The van der Waals surface area contributed by atoms with Gasteiger partial charge in [0.1, 0.15) is 0 Å². The molecule has 2 rings (SSSR count). The second-order valence-corrected chi connectivity index (χ2v) is 4.04. The van der Waals surface area contributed by atoms with E-state index in [9.17, 15) is 0 Å². The summed E-state index contributed by atoms with van der Waals surface area (Å²) < 4.78 is 0. The number of anilines is 1. The first kappa shape index (κ1) is 15.4. The molecule has 92 valence electrons. The Morgan fingerprint density at radius 2 is 2.06 bits per heavy atom. The van der Waals surface area contributed by atoms with Crippen LogP contribution < -0.4 is 10.6 Å². The van der Waals surface area contributed by atoms with Crippen LogP contribution in [0.2, 0.25) is 0 Å². The Bertz CT molecular complexity index is 344. The molecule has 2 N–H and O–H groups in total. The van der Waals surface area contributed by atoms with Crippen LogP contribution in [0.3, 0.4) is 0 Å². The number of hydrogen-bond acceptors (Lipinski definition) is 4. The Morgan fingerprint density at radius 3 is 2.69 bits per heavy atom. The maximum absolute atomic E-state index is 5.88. The molecule has 0 fully saturated rings. The van der Waals surface area contributed by atoms with Crippen LogP contribution in [0, 0.1) is 0 Å².